The summed E-state index contributed by atoms with van der Waals surface area (Å²) in [5.74, 6) is 1.58. The third-order valence-corrected chi connectivity index (χ3v) is 4.25. The standard InChI is InChI=1S/C16H18FN7/c1-2-11-8-14(24-16(22-11)19-10-20-24)21-12-5-7-23(9-12)15-13(17)4-3-6-18-15/h3-4,6,8,10,12,21H,2,5,7,9H2,1H3. The van der Waals surface area contributed by atoms with Crippen molar-refractivity contribution in [3.05, 3.63) is 42.2 Å². The minimum atomic E-state index is -0.283. The predicted molar refractivity (Wildman–Crippen MR) is 88.6 cm³/mol. The normalized spacial score (nSPS) is 17.6. The summed E-state index contributed by atoms with van der Waals surface area (Å²) in [7, 11) is 0. The molecule has 4 heterocycles. The van der Waals surface area contributed by atoms with E-state index in [0.29, 0.717) is 18.1 Å². The summed E-state index contributed by atoms with van der Waals surface area (Å²) in [4.78, 5) is 14.7. The van der Waals surface area contributed by atoms with Crippen LogP contribution in [0.2, 0.25) is 0 Å². The first-order valence-electron chi connectivity index (χ1n) is 8.06. The zero-order valence-electron chi connectivity index (χ0n) is 13.4. The molecule has 7 nitrogen and oxygen atoms in total. The van der Waals surface area contributed by atoms with Gasteiger partial charge in [0.15, 0.2) is 11.6 Å². The van der Waals surface area contributed by atoms with Gasteiger partial charge in [-0.2, -0.15) is 14.6 Å². The molecule has 0 aromatic carbocycles. The molecule has 3 aromatic heterocycles. The van der Waals surface area contributed by atoms with E-state index in [4.69, 9.17) is 0 Å². The van der Waals surface area contributed by atoms with Crippen molar-refractivity contribution in [3.63, 3.8) is 0 Å². The molecule has 0 amide bonds. The molecular formula is C16H18FN7. The van der Waals surface area contributed by atoms with E-state index in [9.17, 15) is 4.39 Å². The van der Waals surface area contributed by atoms with Crippen LogP contribution >= 0.6 is 0 Å². The van der Waals surface area contributed by atoms with Crippen LogP contribution in [0.5, 0.6) is 0 Å². The van der Waals surface area contributed by atoms with Crippen LogP contribution in [0, 0.1) is 5.82 Å². The number of aromatic nitrogens is 5. The second-order valence-electron chi connectivity index (χ2n) is 5.84. The van der Waals surface area contributed by atoms with Gasteiger partial charge in [0.05, 0.1) is 0 Å². The molecule has 24 heavy (non-hydrogen) atoms. The number of rotatable bonds is 4. The van der Waals surface area contributed by atoms with Crippen molar-refractivity contribution >= 4 is 17.4 Å². The number of fused-ring (bicyclic) bond motifs is 1. The number of hydrogen-bond donors (Lipinski definition) is 1. The molecule has 0 radical (unpaired) electrons. The van der Waals surface area contributed by atoms with Crippen LogP contribution in [-0.4, -0.2) is 43.7 Å². The molecule has 0 bridgehead atoms. The molecule has 1 atom stereocenters. The van der Waals surface area contributed by atoms with E-state index in [0.717, 1.165) is 30.9 Å². The summed E-state index contributed by atoms with van der Waals surface area (Å²) in [6.45, 7) is 3.51. The van der Waals surface area contributed by atoms with Gasteiger partial charge in [0, 0.05) is 37.1 Å². The third kappa shape index (κ3) is 2.64. The Bertz CT molecular complexity index is 863. The van der Waals surface area contributed by atoms with Crippen molar-refractivity contribution in [2.75, 3.05) is 23.3 Å². The summed E-state index contributed by atoms with van der Waals surface area (Å²) >= 11 is 0. The quantitative estimate of drug-likeness (QED) is 0.789. The van der Waals surface area contributed by atoms with Crippen molar-refractivity contribution in [2.45, 2.75) is 25.8 Å². The van der Waals surface area contributed by atoms with E-state index < -0.39 is 0 Å². The molecule has 1 unspecified atom stereocenters. The average molecular weight is 327 g/mol. The largest absolute Gasteiger partial charge is 0.365 e. The van der Waals surface area contributed by atoms with Gasteiger partial charge in [0.1, 0.15) is 12.1 Å². The molecule has 0 aliphatic carbocycles. The van der Waals surface area contributed by atoms with E-state index in [-0.39, 0.29) is 11.9 Å². The van der Waals surface area contributed by atoms with Crippen molar-refractivity contribution < 1.29 is 4.39 Å². The van der Waals surface area contributed by atoms with Crippen molar-refractivity contribution in [2.24, 2.45) is 0 Å². The maximum Gasteiger partial charge on any atom is 0.254 e. The molecule has 1 aliphatic rings. The summed E-state index contributed by atoms with van der Waals surface area (Å²) in [6, 6.07) is 5.23. The van der Waals surface area contributed by atoms with Crippen LogP contribution < -0.4 is 10.2 Å². The zero-order chi connectivity index (χ0) is 16.5. The highest BCUT2D eigenvalue weighted by molar-refractivity contribution is 5.48. The summed E-state index contributed by atoms with van der Waals surface area (Å²) in [6.07, 6.45) is 4.84. The molecule has 0 saturated carbocycles. The Morgan fingerprint density at radius 2 is 2.29 bits per heavy atom. The fourth-order valence-corrected chi connectivity index (χ4v) is 3.03. The van der Waals surface area contributed by atoms with Gasteiger partial charge in [-0.15, -0.1) is 0 Å². The number of nitrogens with zero attached hydrogens (tertiary/aromatic N) is 6. The molecule has 8 heteroatoms. The Morgan fingerprint density at radius 1 is 1.38 bits per heavy atom. The first kappa shape index (κ1) is 14.8. The smallest absolute Gasteiger partial charge is 0.254 e. The van der Waals surface area contributed by atoms with Crippen LogP contribution in [0.3, 0.4) is 0 Å². The Labute approximate surface area is 138 Å². The molecule has 124 valence electrons. The van der Waals surface area contributed by atoms with Crippen LogP contribution in [0.15, 0.2) is 30.7 Å². The van der Waals surface area contributed by atoms with E-state index in [1.807, 2.05) is 11.0 Å². The molecule has 1 fully saturated rings. The van der Waals surface area contributed by atoms with Crippen molar-refractivity contribution in [3.8, 4) is 0 Å². The second-order valence-corrected chi connectivity index (χ2v) is 5.84. The maximum absolute atomic E-state index is 13.9. The van der Waals surface area contributed by atoms with Crippen molar-refractivity contribution in [1.82, 2.24) is 24.6 Å². The number of nitrogens with one attached hydrogen (secondary N) is 1. The Morgan fingerprint density at radius 3 is 3.12 bits per heavy atom. The highest BCUT2D eigenvalue weighted by atomic mass is 19.1. The third-order valence-electron chi connectivity index (χ3n) is 4.25. The number of aryl methyl sites for hydroxylation is 1. The van der Waals surface area contributed by atoms with Crippen LogP contribution in [0.25, 0.3) is 5.78 Å². The van der Waals surface area contributed by atoms with E-state index >= 15 is 0 Å². The van der Waals surface area contributed by atoms with Gasteiger partial charge in [-0.3, -0.25) is 0 Å². The minimum Gasteiger partial charge on any atom is -0.365 e. The number of hydrogen-bond acceptors (Lipinski definition) is 6. The van der Waals surface area contributed by atoms with Gasteiger partial charge in [0.25, 0.3) is 5.78 Å². The fraction of sp³-hybridized carbons (Fsp3) is 0.375. The molecule has 1 aliphatic heterocycles. The van der Waals surface area contributed by atoms with Gasteiger partial charge in [-0.05, 0) is 25.0 Å². The number of pyridine rings is 1. The fourth-order valence-electron chi connectivity index (χ4n) is 3.03. The lowest BCUT2D eigenvalue weighted by Gasteiger charge is -2.19. The topological polar surface area (TPSA) is 71.2 Å². The Balaban J connectivity index is 1.55. The lowest BCUT2D eigenvalue weighted by molar-refractivity contribution is 0.615. The molecule has 3 aromatic rings. The predicted octanol–water partition coefficient (Wildman–Crippen LogP) is 1.91. The van der Waals surface area contributed by atoms with Gasteiger partial charge in [-0.25, -0.2) is 14.4 Å². The number of anilines is 2. The molecular weight excluding hydrogens is 309 g/mol. The van der Waals surface area contributed by atoms with Gasteiger partial charge >= 0.3 is 0 Å². The Kier molecular flexibility index (Phi) is 3.72. The lowest BCUT2D eigenvalue weighted by Crippen LogP contribution is -2.28. The summed E-state index contributed by atoms with van der Waals surface area (Å²) in [5, 5.41) is 7.71. The Hall–Kier alpha value is -2.77. The second kappa shape index (κ2) is 6.03. The van der Waals surface area contributed by atoms with Gasteiger partial charge in [0.2, 0.25) is 0 Å². The average Bonchev–Trinajstić information content (AvgIpc) is 3.24. The highest BCUT2D eigenvalue weighted by Crippen LogP contribution is 2.23. The number of halogens is 1. The molecule has 4 rings (SSSR count). The SMILES string of the molecule is CCc1cc(NC2CCN(c3ncccc3F)C2)n2ncnc2n1. The highest BCUT2D eigenvalue weighted by Gasteiger charge is 2.26. The first-order chi connectivity index (χ1) is 11.7. The zero-order valence-corrected chi connectivity index (χ0v) is 13.4. The molecule has 1 N–H and O–H groups in total. The molecule has 0 spiro atoms. The summed E-state index contributed by atoms with van der Waals surface area (Å²) < 4.78 is 15.6. The van der Waals surface area contributed by atoms with Crippen LogP contribution in [-0.2, 0) is 6.42 Å². The van der Waals surface area contributed by atoms with Crippen LogP contribution in [0.4, 0.5) is 16.0 Å². The minimum absolute atomic E-state index is 0.186. The van der Waals surface area contributed by atoms with Crippen LogP contribution in [0.1, 0.15) is 19.0 Å². The van der Waals surface area contributed by atoms with Crippen molar-refractivity contribution in [1.29, 1.82) is 0 Å². The lowest BCUT2D eigenvalue weighted by atomic mass is 10.2. The molecule has 1 saturated heterocycles. The van der Waals surface area contributed by atoms with Gasteiger partial charge in [-0.1, -0.05) is 6.92 Å². The van der Waals surface area contributed by atoms with E-state index in [1.165, 1.54) is 12.4 Å². The maximum atomic E-state index is 13.9. The van der Waals surface area contributed by atoms with E-state index in [2.05, 4.69) is 32.3 Å². The van der Waals surface area contributed by atoms with Gasteiger partial charge < -0.3 is 10.2 Å². The van der Waals surface area contributed by atoms with E-state index in [1.54, 1.807) is 16.8 Å². The monoisotopic (exact) mass is 327 g/mol. The summed E-state index contributed by atoms with van der Waals surface area (Å²) in [5.41, 5.74) is 0.962. The first-order valence-corrected chi connectivity index (χ1v) is 8.06.